The zero-order chi connectivity index (χ0) is 19.1. The van der Waals surface area contributed by atoms with Crippen molar-refractivity contribution < 1.29 is 14.7 Å². The zero-order valence-electron chi connectivity index (χ0n) is 14.8. The SMILES string of the molecule is CC(C)C[C@@H](NCc1cccc(NC(=O)c2ccccc2Cl)c1)C(=O)O. The van der Waals surface area contributed by atoms with Gasteiger partial charge in [-0.25, -0.2) is 0 Å². The molecule has 0 saturated heterocycles. The fourth-order valence-electron chi connectivity index (χ4n) is 2.59. The van der Waals surface area contributed by atoms with Crippen LogP contribution in [0.4, 0.5) is 5.69 Å². The highest BCUT2D eigenvalue weighted by atomic mass is 35.5. The van der Waals surface area contributed by atoms with E-state index >= 15 is 0 Å². The maximum atomic E-state index is 12.3. The Kier molecular flexibility index (Phi) is 7.18. The van der Waals surface area contributed by atoms with E-state index in [1.54, 1.807) is 30.3 Å². The molecule has 0 aliphatic rings. The van der Waals surface area contributed by atoms with Crippen LogP contribution in [-0.2, 0) is 11.3 Å². The number of hydrogen-bond acceptors (Lipinski definition) is 3. The predicted octanol–water partition coefficient (Wildman–Crippen LogP) is 4.18. The van der Waals surface area contributed by atoms with E-state index in [-0.39, 0.29) is 11.8 Å². The van der Waals surface area contributed by atoms with Gasteiger partial charge in [0.15, 0.2) is 0 Å². The standard InChI is InChI=1S/C20H23ClN2O3/c1-13(2)10-18(20(25)26)22-12-14-6-5-7-15(11-14)23-19(24)16-8-3-4-9-17(16)21/h3-9,11,13,18,22H,10,12H2,1-2H3,(H,23,24)(H,25,26)/t18-/m1/s1. The predicted molar refractivity (Wildman–Crippen MR) is 104 cm³/mol. The molecule has 2 aromatic rings. The van der Waals surface area contributed by atoms with Gasteiger partial charge in [-0.2, -0.15) is 0 Å². The third-order valence-electron chi connectivity index (χ3n) is 3.86. The largest absolute Gasteiger partial charge is 0.480 e. The summed E-state index contributed by atoms with van der Waals surface area (Å²) < 4.78 is 0. The second-order valence-electron chi connectivity index (χ2n) is 6.54. The van der Waals surface area contributed by atoms with E-state index in [4.69, 9.17) is 11.6 Å². The molecule has 1 amide bonds. The molecule has 3 N–H and O–H groups in total. The highest BCUT2D eigenvalue weighted by molar-refractivity contribution is 6.34. The van der Waals surface area contributed by atoms with Crippen LogP contribution in [0.3, 0.4) is 0 Å². The van der Waals surface area contributed by atoms with E-state index < -0.39 is 12.0 Å². The first kappa shape index (κ1) is 19.9. The Bertz CT molecular complexity index is 777. The van der Waals surface area contributed by atoms with Gasteiger partial charge in [0.1, 0.15) is 6.04 Å². The van der Waals surface area contributed by atoms with Crippen molar-refractivity contribution in [1.82, 2.24) is 5.32 Å². The van der Waals surface area contributed by atoms with Gasteiger partial charge in [0, 0.05) is 12.2 Å². The molecule has 0 bridgehead atoms. The molecule has 0 heterocycles. The molecule has 5 nitrogen and oxygen atoms in total. The number of halogens is 1. The first-order valence-corrected chi connectivity index (χ1v) is 8.85. The van der Waals surface area contributed by atoms with Crippen LogP contribution in [0.5, 0.6) is 0 Å². The van der Waals surface area contributed by atoms with Gasteiger partial charge in [-0.15, -0.1) is 0 Å². The Balaban J connectivity index is 2.02. The van der Waals surface area contributed by atoms with Crippen molar-refractivity contribution in [3.63, 3.8) is 0 Å². The van der Waals surface area contributed by atoms with Gasteiger partial charge in [0.05, 0.1) is 10.6 Å². The minimum atomic E-state index is -0.859. The summed E-state index contributed by atoms with van der Waals surface area (Å²) in [6.07, 6.45) is 0.554. The fraction of sp³-hybridized carbons (Fsp3) is 0.300. The molecule has 0 spiro atoms. The summed E-state index contributed by atoms with van der Waals surface area (Å²) in [4.78, 5) is 23.7. The van der Waals surface area contributed by atoms with Crippen LogP contribution in [0, 0.1) is 5.92 Å². The number of anilines is 1. The summed E-state index contributed by atoms with van der Waals surface area (Å²) in [5.74, 6) is -0.865. The van der Waals surface area contributed by atoms with E-state index in [1.165, 1.54) is 0 Å². The lowest BCUT2D eigenvalue weighted by atomic mass is 10.0. The summed E-state index contributed by atoms with van der Waals surface area (Å²) in [6.45, 7) is 4.38. The van der Waals surface area contributed by atoms with Crippen molar-refractivity contribution >= 4 is 29.2 Å². The normalized spacial score (nSPS) is 12.0. The molecule has 0 radical (unpaired) electrons. The van der Waals surface area contributed by atoms with Crippen molar-refractivity contribution in [1.29, 1.82) is 0 Å². The molecule has 26 heavy (non-hydrogen) atoms. The average Bonchev–Trinajstić information content (AvgIpc) is 2.58. The van der Waals surface area contributed by atoms with Crippen LogP contribution in [0.2, 0.25) is 5.02 Å². The maximum absolute atomic E-state index is 12.3. The summed E-state index contributed by atoms with van der Waals surface area (Å²) in [5.41, 5.74) is 1.92. The smallest absolute Gasteiger partial charge is 0.320 e. The van der Waals surface area contributed by atoms with Gasteiger partial charge in [-0.05, 0) is 42.2 Å². The van der Waals surface area contributed by atoms with Crippen molar-refractivity contribution in [3.8, 4) is 0 Å². The van der Waals surface area contributed by atoms with Crippen LogP contribution in [0.15, 0.2) is 48.5 Å². The molecule has 2 aromatic carbocycles. The number of hydrogen-bond donors (Lipinski definition) is 3. The highest BCUT2D eigenvalue weighted by Gasteiger charge is 2.18. The number of benzene rings is 2. The third kappa shape index (κ3) is 5.86. The van der Waals surface area contributed by atoms with Crippen molar-refractivity contribution in [2.45, 2.75) is 32.9 Å². The van der Waals surface area contributed by atoms with Gasteiger partial charge in [0.25, 0.3) is 5.91 Å². The number of rotatable bonds is 8. The van der Waals surface area contributed by atoms with Crippen LogP contribution in [0.1, 0.15) is 36.2 Å². The molecule has 2 rings (SSSR count). The lowest BCUT2D eigenvalue weighted by Crippen LogP contribution is -2.37. The number of amides is 1. The zero-order valence-corrected chi connectivity index (χ0v) is 15.6. The Morgan fingerprint density at radius 1 is 1.12 bits per heavy atom. The van der Waals surface area contributed by atoms with Gasteiger partial charge in [-0.3, -0.25) is 9.59 Å². The molecular weight excluding hydrogens is 352 g/mol. The van der Waals surface area contributed by atoms with Crippen molar-refractivity contribution in [3.05, 3.63) is 64.7 Å². The number of carboxylic acids is 1. The van der Waals surface area contributed by atoms with Crippen LogP contribution >= 0.6 is 11.6 Å². The molecule has 0 saturated carbocycles. The van der Waals surface area contributed by atoms with Crippen LogP contribution in [0.25, 0.3) is 0 Å². The quantitative estimate of drug-likeness (QED) is 0.647. The summed E-state index contributed by atoms with van der Waals surface area (Å²) >= 11 is 6.05. The first-order chi connectivity index (χ1) is 12.4. The number of carbonyl (C=O) groups is 2. The van der Waals surface area contributed by atoms with E-state index in [0.29, 0.717) is 29.2 Å². The van der Waals surface area contributed by atoms with Gasteiger partial charge < -0.3 is 15.7 Å². The molecule has 0 aromatic heterocycles. The Morgan fingerprint density at radius 3 is 2.50 bits per heavy atom. The number of aliphatic carboxylic acids is 1. The lowest BCUT2D eigenvalue weighted by molar-refractivity contribution is -0.140. The van der Waals surface area contributed by atoms with Crippen LogP contribution < -0.4 is 10.6 Å². The Morgan fingerprint density at radius 2 is 1.85 bits per heavy atom. The number of nitrogens with one attached hydrogen (secondary N) is 2. The molecular formula is C20H23ClN2O3. The highest BCUT2D eigenvalue weighted by Crippen LogP contribution is 2.18. The second-order valence-corrected chi connectivity index (χ2v) is 6.94. The van der Waals surface area contributed by atoms with Gasteiger partial charge in [-0.1, -0.05) is 49.7 Å². The Hall–Kier alpha value is -2.37. The molecule has 0 aliphatic heterocycles. The lowest BCUT2D eigenvalue weighted by Gasteiger charge is -2.17. The number of carbonyl (C=O) groups excluding carboxylic acids is 1. The maximum Gasteiger partial charge on any atom is 0.320 e. The van der Waals surface area contributed by atoms with E-state index in [0.717, 1.165) is 5.56 Å². The minimum Gasteiger partial charge on any atom is -0.480 e. The fourth-order valence-corrected chi connectivity index (χ4v) is 2.81. The van der Waals surface area contributed by atoms with E-state index in [9.17, 15) is 14.7 Å². The average molecular weight is 375 g/mol. The molecule has 6 heteroatoms. The molecule has 138 valence electrons. The number of carboxylic acid groups (broad SMARTS) is 1. The van der Waals surface area contributed by atoms with Gasteiger partial charge in [0.2, 0.25) is 0 Å². The van der Waals surface area contributed by atoms with Crippen LogP contribution in [-0.4, -0.2) is 23.0 Å². The molecule has 0 fully saturated rings. The van der Waals surface area contributed by atoms with E-state index in [1.807, 2.05) is 32.0 Å². The van der Waals surface area contributed by atoms with Crippen molar-refractivity contribution in [2.24, 2.45) is 5.92 Å². The minimum absolute atomic E-state index is 0.282. The summed E-state index contributed by atoms with van der Waals surface area (Å²) in [5, 5.41) is 15.6. The summed E-state index contributed by atoms with van der Waals surface area (Å²) in [6, 6.07) is 13.5. The van der Waals surface area contributed by atoms with Crippen molar-refractivity contribution in [2.75, 3.05) is 5.32 Å². The first-order valence-electron chi connectivity index (χ1n) is 8.48. The molecule has 1 atom stereocenters. The summed E-state index contributed by atoms with van der Waals surface area (Å²) in [7, 11) is 0. The third-order valence-corrected chi connectivity index (χ3v) is 4.19. The second kappa shape index (κ2) is 9.36. The molecule has 0 unspecified atom stereocenters. The molecule has 0 aliphatic carbocycles. The van der Waals surface area contributed by atoms with E-state index in [2.05, 4.69) is 10.6 Å². The topological polar surface area (TPSA) is 78.4 Å². The monoisotopic (exact) mass is 374 g/mol. The Labute approximate surface area is 158 Å². The van der Waals surface area contributed by atoms with Gasteiger partial charge >= 0.3 is 5.97 Å².